The number of ether oxygens (including phenoxy) is 3. The molecule has 1 saturated heterocycles. The number of nitrogens with zero attached hydrogens (tertiary/aromatic N) is 2. The third kappa shape index (κ3) is 4.18. The highest BCUT2D eigenvalue weighted by molar-refractivity contribution is 7.22. The molecule has 1 aromatic heterocycles. The summed E-state index contributed by atoms with van der Waals surface area (Å²) in [4.78, 5) is 19.2. The molecule has 146 valence electrons. The lowest BCUT2D eigenvalue weighted by molar-refractivity contribution is 0.0444. The number of fused-ring (bicyclic) bond motifs is 1. The molecular weight excluding hydrogens is 378 g/mol. The Morgan fingerprint density at radius 2 is 2.07 bits per heavy atom. The van der Waals surface area contributed by atoms with E-state index < -0.39 is 12.2 Å². The third-order valence-corrected chi connectivity index (χ3v) is 5.50. The van der Waals surface area contributed by atoms with Gasteiger partial charge in [0, 0.05) is 6.54 Å². The van der Waals surface area contributed by atoms with Gasteiger partial charge in [0.2, 0.25) is 0 Å². The van der Waals surface area contributed by atoms with Gasteiger partial charge in [-0.2, -0.15) is 0 Å². The van der Waals surface area contributed by atoms with Crippen molar-refractivity contribution in [2.24, 2.45) is 0 Å². The molecule has 0 aliphatic carbocycles. The predicted octanol–water partition coefficient (Wildman–Crippen LogP) is 3.76. The number of para-hydroxylation sites is 3. The normalized spacial score (nSPS) is 17.2. The van der Waals surface area contributed by atoms with Gasteiger partial charge in [-0.3, -0.25) is 5.32 Å². The lowest BCUT2D eigenvalue weighted by Gasteiger charge is -2.23. The highest BCUT2D eigenvalue weighted by atomic mass is 32.1. The van der Waals surface area contributed by atoms with Crippen molar-refractivity contribution in [3.8, 4) is 5.75 Å². The zero-order valence-corrected chi connectivity index (χ0v) is 16.3. The number of carbonyl (C=O) groups excluding carboxylic acids is 1. The van der Waals surface area contributed by atoms with Crippen LogP contribution in [-0.4, -0.2) is 50.6 Å². The fourth-order valence-electron chi connectivity index (χ4n) is 3.06. The number of hydrogen-bond acceptors (Lipinski definition) is 7. The molecule has 0 bridgehead atoms. The van der Waals surface area contributed by atoms with Gasteiger partial charge in [-0.15, -0.1) is 0 Å². The Kier molecular flexibility index (Phi) is 5.59. The molecule has 28 heavy (non-hydrogen) atoms. The van der Waals surface area contributed by atoms with E-state index in [1.54, 1.807) is 30.6 Å². The van der Waals surface area contributed by atoms with Gasteiger partial charge in [-0.25, -0.2) is 9.78 Å². The number of methoxy groups -OCH3 is 1. The number of anilines is 2. The first-order valence-corrected chi connectivity index (χ1v) is 9.83. The topological polar surface area (TPSA) is 72.9 Å². The fraction of sp³-hybridized carbons (Fsp3) is 0.300. The molecule has 4 rings (SSSR count). The smallest absolute Gasteiger partial charge is 0.412 e. The second-order valence-electron chi connectivity index (χ2n) is 6.34. The number of hydrogen-bond donors (Lipinski definition) is 1. The van der Waals surface area contributed by atoms with Crippen LogP contribution in [0.5, 0.6) is 5.75 Å². The second-order valence-corrected chi connectivity index (χ2v) is 7.35. The summed E-state index contributed by atoms with van der Waals surface area (Å²) in [6, 6.07) is 15.2. The summed E-state index contributed by atoms with van der Waals surface area (Å²) < 4.78 is 17.6. The van der Waals surface area contributed by atoms with Crippen molar-refractivity contribution in [2.45, 2.75) is 6.10 Å². The van der Waals surface area contributed by atoms with E-state index in [-0.39, 0.29) is 0 Å². The van der Waals surface area contributed by atoms with Gasteiger partial charge in [0.15, 0.2) is 5.13 Å². The quantitative estimate of drug-likeness (QED) is 0.720. The lowest BCUT2D eigenvalue weighted by Crippen LogP contribution is -2.36. The summed E-state index contributed by atoms with van der Waals surface area (Å²) >= 11 is 1.63. The maximum Gasteiger partial charge on any atom is 0.412 e. The molecule has 0 saturated carbocycles. The number of rotatable bonds is 4. The lowest BCUT2D eigenvalue weighted by atomic mass is 10.3. The average Bonchev–Trinajstić information content (AvgIpc) is 3.01. The molecule has 1 amide bonds. The first kappa shape index (κ1) is 18.5. The number of thiazole rings is 1. The molecule has 1 aliphatic heterocycles. The van der Waals surface area contributed by atoms with Gasteiger partial charge in [-0.05, 0) is 24.3 Å². The van der Waals surface area contributed by atoms with E-state index in [1.165, 1.54) is 0 Å². The first-order chi connectivity index (χ1) is 13.7. The van der Waals surface area contributed by atoms with Crippen molar-refractivity contribution in [1.82, 2.24) is 4.98 Å². The number of benzene rings is 2. The Morgan fingerprint density at radius 1 is 1.25 bits per heavy atom. The molecule has 1 N–H and O–H groups in total. The summed E-state index contributed by atoms with van der Waals surface area (Å²) in [5.41, 5.74) is 1.53. The van der Waals surface area contributed by atoms with Crippen LogP contribution in [0.1, 0.15) is 0 Å². The Bertz CT molecular complexity index is 928. The van der Waals surface area contributed by atoms with Crippen LogP contribution in [0, 0.1) is 0 Å². The van der Waals surface area contributed by atoms with E-state index in [9.17, 15) is 4.79 Å². The van der Waals surface area contributed by atoms with Gasteiger partial charge in [-0.1, -0.05) is 35.6 Å². The fourth-order valence-corrected chi connectivity index (χ4v) is 4.06. The molecule has 3 aromatic rings. The number of nitrogens with one attached hydrogen (secondary N) is 1. The molecule has 1 fully saturated rings. The number of aromatic nitrogens is 1. The largest absolute Gasteiger partial charge is 0.495 e. The van der Waals surface area contributed by atoms with E-state index in [4.69, 9.17) is 19.2 Å². The summed E-state index contributed by atoms with van der Waals surface area (Å²) in [6.07, 6.45) is -0.937. The Morgan fingerprint density at radius 3 is 2.93 bits per heavy atom. The second kappa shape index (κ2) is 8.45. The minimum absolute atomic E-state index is 0.348. The molecule has 0 spiro atoms. The van der Waals surface area contributed by atoms with Crippen LogP contribution in [0.15, 0.2) is 48.5 Å². The molecule has 0 radical (unpaired) electrons. The minimum Gasteiger partial charge on any atom is -0.495 e. The van der Waals surface area contributed by atoms with E-state index in [0.29, 0.717) is 37.7 Å². The summed E-state index contributed by atoms with van der Waals surface area (Å²) in [7, 11) is 1.56. The van der Waals surface area contributed by atoms with Gasteiger partial charge >= 0.3 is 6.09 Å². The van der Waals surface area contributed by atoms with Crippen molar-refractivity contribution >= 4 is 38.5 Å². The average molecular weight is 399 g/mol. The van der Waals surface area contributed by atoms with Gasteiger partial charge < -0.3 is 19.1 Å². The van der Waals surface area contributed by atoms with Crippen LogP contribution in [0.2, 0.25) is 0 Å². The van der Waals surface area contributed by atoms with Gasteiger partial charge in [0.25, 0.3) is 0 Å². The van der Waals surface area contributed by atoms with E-state index in [0.717, 1.165) is 15.3 Å². The van der Waals surface area contributed by atoms with E-state index in [1.807, 2.05) is 30.3 Å². The van der Waals surface area contributed by atoms with Crippen molar-refractivity contribution in [3.05, 3.63) is 48.5 Å². The monoisotopic (exact) mass is 399 g/mol. The molecule has 2 heterocycles. The molecule has 7 nitrogen and oxygen atoms in total. The Balaban J connectivity index is 1.43. The molecule has 1 aliphatic rings. The molecular formula is C20H21N3O4S. The van der Waals surface area contributed by atoms with Crippen LogP contribution < -0.4 is 15.0 Å². The number of carbonyl (C=O) groups is 1. The van der Waals surface area contributed by atoms with Crippen LogP contribution in [-0.2, 0) is 9.47 Å². The minimum atomic E-state index is -0.538. The van der Waals surface area contributed by atoms with Crippen LogP contribution in [0.25, 0.3) is 10.2 Å². The highest BCUT2D eigenvalue weighted by Crippen LogP contribution is 2.29. The van der Waals surface area contributed by atoms with Crippen molar-refractivity contribution < 1.29 is 19.0 Å². The van der Waals surface area contributed by atoms with Gasteiger partial charge in [0.05, 0.1) is 42.8 Å². The van der Waals surface area contributed by atoms with Crippen molar-refractivity contribution in [3.63, 3.8) is 0 Å². The summed E-state index contributed by atoms with van der Waals surface area (Å²) in [6.45, 7) is 2.14. The maximum atomic E-state index is 12.4. The first-order valence-electron chi connectivity index (χ1n) is 9.02. The third-order valence-electron chi connectivity index (χ3n) is 4.40. The Hall–Kier alpha value is -2.84. The van der Waals surface area contributed by atoms with E-state index in [2.05, 4.69) is 16.3 Å². The standard InChI is InChI=1S/C20H21N3O4S/c1-25-17-8-4-2-6-15(17)22-20(24)27-14-12-23(10-11-26-13-14)19-21-16-7-3-5-9-18(16)28-19/h2-9,14H,10-13H2,1H3,(H,22,24). The zero-order valence-electron chi connectivity index (χ0n) is 15.5. The molecule has 1 atom stereocenters. The number of amides is 1. The van der Waals surface area contributed by atoms with Crippen LogP contribution in [0.4, 0.5) is 15.6 Å². The Labute approximate surface area is 166 Å². The highest BCUT2D eigenvalue weighted by Gasteiger charge is 2.24. The van der Waals surface area contributed by atoms with Crippen LogP contribution in [0.3, 0.4) is 0 Å². The summed E-state index contributed by atoms with van der Waals surface area (Å²) in [5, 5.41) is 3.64. The van der Waals surface area contributed by atoms with Crippen molar-refractivity contribution in [2.75, 3.05) is 43.6 Å². The van der Waals surface area contributed by atoms with E-state index >= 15 is 0 Å². The molecule has 8 heteroatoms. The summed E-state index contributed by atoms with van der Waals surface area (Å²) in [5.74, 6) is 0.577. The maximum absolute atomic E-state index is 12.4. The van der Waals surface area contributed by atoms with Crippen LogP contribution >= 0.6 is 11.3 Å². The molecule has 2 aromatic carbocycles. The van der Waals surface area contributed by atoms with Crippen molar-refractivity contribution in [1.29, 1.82) is 0 Å². The van der Waals surface area contributed by atoms with Gasteiger partial charge in [0.1, 0.15) is 11.9 Å². The predicted molar refractivity (Wildman–Crippen MR) is 110 cm³/mol. The zero-order chi connectivity index (χ0) is 19.3. The molecule has 1 unspecified atom stereocenters. The SMILES string of the molecule is COc1ccccc1NC(=O)OC1COCCN(c2nc3ccccc3s2)C1.